The number of nitrogens with zero attached hydrogens (tertiary/aromatic N) is 1. The van der Waals surface area contributed by atoms with Crippen LogP contribution in [0, 0.1) is 0 Å². The zero-order chi connectivity index (χ0) is 20.1. The fourth-order valence-electron chi connectivity index (χ4n) is 3.04. The molecule has 2 aromatic rings. The van der Waals surface area contributed by atoms with Gasteiger partial charge in [0.25, 0.3) is 5.91 Å². The van der Waals surface area contributed by atoms with Gasteiger partial charge in [0.15, 0.2) is 6.10 Å². The van der Waals surface area contributed by atoms with E-state index in [-0.39, 0.29) is 10.8 Å². The molecule has 0 radical (unpaired) electrons. The summed E-state index contributed by atoms with van der Waals surface area (Å²) < 4.78 is 32.3. The fourth-order valence-corrected chi connectivity index (χ4v) is 4.73. The highest BCUT2D eigenvalue weighted by Gasteiger charge is 2.27. The fraction of sp³-hybridized carbons (Fsp3) is 0.350. The maximum absolute atomic E-state index is 12.6. The molecule has 0 aromatic heterocycles. The number of carbonyl (C=O) groups is 1. The van der Waals surface area contributed by atoms with Gasteiger partial charge in [-0.3, -0.25) is 4.79 Å². The molecule has 1 fully saturated rings. The van der Waals surface area contributed by atoms with E-state index in [0.29, 0.717) is 36.0 Å². The number of hydrogen-bond acceptors (Lipinski definition) is 4. The Morgan fingerprint density at radius 1 is 1.18 bits per heavy atom. The third-order valence-electron chi connectivity index (χ3n) is 4.56. The zero-order valence-corrected chi connectivity index (χ0v) is 17.2. The lowest BCUT2D eigenvalue weighted by molar-refractivity contribution is -0.122. The van der Waals surface area contributed by atoms with Crippen LogP contribution >= 0.6 is 11.6 Å². The lowest BCUT2D eigenvalue weighted by Gasteiger charge is -2.18. The van der Waals surface area contributed by atoms with Crippen molar-refractivity contribution < 1.29 is 17.9 Å². The normalized spacial score (nSPS) is 15.9. The predicted molar refractivity (Wildman–Crippen MR) is 109 cm³/mol. The molecule has 1 atom stereocenters. The maximum Gasteiger partial charge on any atom is 0.265 e. The first-order valence-corrected chi connectivity index (χ1v) is 11.1. The average Bonchev–Trinajstić information content (AvgIpc) is 3.22. The molecule has 1 unspecified atom stereocenters. The standard InChI is InChI=1S/C20H23ClN2O4S/c1-2-19(27-17-7-5-6-15(21)14-17)20(24)22-16-8-10-18(11-9-16)28(25,26)23-12-3-4-13-23/h5-11,14,19H,2-4,12-13H2,1H3,(H,22,24). The lowest BCUT2D eigenvalue weighted by Crippen LogP contribution is -2.32. The Kier molecular flexibility index (Phi) is 6.59. The van der Waals surface area contributed by atoms with E-state index in [1.165, 1.54) is 16.4 Å². The summed E-state index contributed by atoms with van der Waals surface area (Å²) in [5, 5.41) is 3.30. The van der Waals surface area contributed by atoms with Crippen LogP contribution in [0.4, 0.5) is 5.69 Å². The Balaban J connectivity index is 1.66. The smallest absolute Gasteiger partial charge is 0.265 e. The van der Waals surface area contributed by atoms with Gasteiger partial charge >= 0.3 is 0 Å². The van der Waals surface area contributed by atoms with Crippen molar-refractivity contribution in [3.05, 3.63) is 53.6 Å². The second kappa shape index (κ2) is 8.94. The molecule has 1 saturated heterocycles. The van der Waals surface area contributed by atoms with Gasteiger partial charge in [0.2, 0.25) is 10.0 Å². The van der Waals surface area contributed by atoms with Crippen molar-refractivity contribution in [1.29, 1.82) is 0 Å². The quantitative estimate of drug-likeness (QED) is 0.733. The van der Waals surface area contributed by atoms with Crippen molar-refractivity contribution in [2.75, 3.05) is 18.4 Å². The number of hydrogen-bond donors (Lipinski definition) is 1. The highest BCUT2D eigenvalue weighted by molar-refractivity contribution is 7.89. The summed E-state index contributed by atoms with van der Waals surface area (Å²) in [6.07, 6.45) is 1.56. The summed E-state index contributed by atoms with van der Waals surface area (Å²) in [5.41, 5.74) is 0.513. The summed E-state index contributed by atoms with van der Waals surface area (Å²) in [6.45, 7) is 2.96. The molecule has 6 nitrogen and oxygen atoms in total. The number of rotatable bonds is 7. The van der Waals surface area contributed by atoms with Gasteiger partial charge in [0, 0.05) is 23.8 Å². The number of amides is 1. The highest BCUT2D eigenvalue weighted by atomic mass is 35.5. The van der Waals surface area contributed by atoms with Crippen LogP contribution < -0.4 is 10.1 Å². The largest absolute Gasteiger partial charge is 0.481 e. The summed E-state index contributed by atoms with van der Waals surface area (Å²) in [7, 11) is -3.47. The van der Waals surface area contributed by atoms with Crippen molar-refractivity contribution in [2.24, 2.45) is 0 Å². The van der Waals surface area contributed by atoms with Crippen LogP contribution in [0.25, 0.3) is 0 Å². The number of sulfonamides is 1. The van der Waals surface area contributed by atoms with Gasteiger partial charge in [0.1, 0.15) is 5.75 Å². The minimum Gasteiger partial charge on any atom is -0.481 e. The van der Waals surface area contributed by atoms with Gasteiger partial charge < -0.3 is 10.1 Å². The van der Waals surface area contributed by atoms with Gasteiger partial charge in [-0.1, -0.05) is 24.6 Å². The first kappa shape index (κ1) is 20.6. The van der Waals surface area contributed by atoms with E-state index in [1.807, 2.05) is 6.92 Å². The first-order chi connectivity index (χ1) is 13.4. The molecule has 1 amide bonds. The molecule has 2 aromatic carbocycles. The molecule has 1 aliphatic rings. The summed E-state index contributed by atoms with van der Waals surface area (Å²) in [5.74, 6) is 0.208. The van der Waals surface area contributed by atoms with E-state index >= 15 is 0 Å². The Labute approximate surface area is 170 Å². The molecule has 150 valence electrons. The van der Waals surface area contributed by atoms with E-state index in [4.69, 9.17) is 16.3 Å². The number of anilines is 1. The van der Waals surface area contributed by atoms with Crippen molar-refractivity contribution >= 4 is 33.2 Å². The van der Waals surface area contributed by atoms with E-state index < -0.39 is 16.1 Å². The monoisotopic (exact) mass is 422 g/mol. The van der Waals surface area contributed by atoms with Crippen LogP contribution in [-0.2, 0) is 14.8 Å². The second-order valence-corrected chi connectivity index (χ2v) is 8.97. The molecular weight excluding hydrogens is 400 g/mol. The minimum atomic E-state index is -3.47. The Hall–Kier alpha value is -2.09. The van der Waals surface area contributed by atoms with Crippen LogP contribution in [0.2, 0.25) is 5.02 Å². The predicted octanol–water partition coefficient (Wildman–Crippen LogP) is 3.92. The average molecular weight is 423 g/mol. The lowest BCUT2D eigenvalue weighted by atomic mass is 10.2. The van der Waals surface area contributed by atoms with Crippen molar-refractivity contribution in [2.45, 2.75) is 37.2 Å². The Bertz CT molecular complexity index is 925. The molecule has 1 N–H and O–H groups in total. The molecule has 8 heteroatoms. The number of nitrogens with one attached hydrogen (secondary N) is 1. The third kappa shape index (κ3) is 4.84. The van der Waals surface area contributed by atoms with E-state index in [2.05, 4.69) is 5.32 Å². The molecular formula is C20H23ClN2O4S. The van der Waals surface area contributed by atoms with Gasteiger partial charge in [-0.2, -0.15) is 4.31 Å². The molecule has 0 spiro atoms. The van der Waals surface area contributed by atoms with E-state index in [1.54, 1.807) is 36.4 Å². The Morgan fingerprint density at radius 2 is 1.86 bits per heavy atom. The van der Waals surface area contributed by atoms with Crippen molar-refractivity contribution in [3.63, 3.8) is 0 Å². The van der Waals surface area contributed by atoms with E-state index in [0.717, 1.165) is 12.8 Å². The number of carbonyl (C=O) groups excluding carboxylic acids is 1. The minimum absolute atomic E-state index is 0.231. The Morgan fingerprint density at radius 3 is 2.46 bits per heavy atom. The first-order valence-electron chi connectivity index (χ1n) is 9.23. The number of benzene rings is 2. The van der Waals surface area contributed by atoms with Gasteiger partial charge in [0.05, 0.1) is 4.90 Å². The van der Waals surface area contributed by atoms with Gasteiger partial charge in [-0.05, 0) is 61.7 Å². The van der Waals surface area contributed by atoms with Crippen LogP contribution in [0.3, 0.4) is 0 Å². The van der Waals surface area contributed by atoms with Crippen molar-refractivity contribution in [1.82, 2.24) is 4.31 Å². The molecule has 1 heterocycles. The summed E-state index contributed by atoms with van der Waals surface area (Å²) in [4.78, 5) is 12.8. The maximum atomic E-state index is 12.6. The zero-order valence-electron chi connectivity index (χ0n) is 15.6. The van der Waals surface area contributed by atoms with E-state index in [9.17, 15) is 13.2 Å². The van der Waals surface area contributed by atoms with Crippen molar-refractivity contribution in [3.8, 4) is 5.75 Å². The number of halogens is 1. The molecule has 1 aliphatic heterocycles. The number of ether oxygens (including phenoxy) is 1. The highest BCUT2D eigenvalue weighted by Crippen LogP contribution is 2.23. The van der Waals surface area contributed by atoms with Gasteiger partial charge in [-0.25, -0.2) is 8.42 Å². The molecule has 28 heavy (non-hydrogen) atoms. The molecule has 0 bridgehead atoms. The summed E-state index contributed by atoms with van der Waals surface area (Å²) >= 11 is 5.95. The second-order valence-electron chi connectivity index (χ2n) is 6.60. The topological polar surface area (TPSA) is 75.7 Å². The van der Waals surface area contributed by atoms with Crippen LogP contribution in [0.15, 0.2) is 53.4 Å². The summed E-state index contributed by atoms with van der Waals surface area (Å²) in [6, 6.07) is 13.1. The van der Waals surface area contributed by atoms with Crippen LogP contribution in [0.5, 0.6) is 5.75 Å². The molecule has 0 saturated carbocycles. The van der Waals surface area contributed by atoms with Crippen LogP contribution in [-0.4, -0.2) is 37.8 Å². The molecule has 3 rings (SSSR count). The van der Waals surface area contributed by atoms with Gasteiger partial charge in [-0.15, -0.1) is 0 Å². The van der Waals surface area contributed by atoms with Crippen LogP contribution in [0.1, 0.15) is 26.2 Å². The molecule has 0 aliphatic carbocycles. The third-order valence-corrected chi connectivity index (χ3v) is 6.71. The SMILES string of the molecule is CCC(Oc1cccc(Cl)c1)C(=O)Nc1ccc(S(=O)(=O)N2CCCC2)cc1.